The first-order valence-electron chi connectivity index (χ1n) is 11.5. The van der Waals surface area contributed by atoms with E-state index < -0.39 is 29.8 Å². The van der Waals surface area contributed by atoms with Crippen molar-refractivity contribution in [2.75, 3.05) is 0 Å². The van der Waals surface area contributed by atoms with Crippen molar-refractivity contribution in [3.63, 3.8) is 0 Å². The number of carbonyl (C=O) groups excluding carboxylic acids is 5. The van der Waals surface area contributed by atoms with Gasteiger partial charge in [0, 0.05) is 33.8 Å². The van der Waals surface area contributed by atoms with Gasteiger partial charge in [0.05, 0.1) is 5.56 Å². The summed E-state index contributed by atoms with van der Waals surface area (Å²) in [5, 5.41) is 0. The maximum atomic E-state index is 12.6. The van der Waals surface area contributed by atoms with Gasteiger partial charge in [-0.3, -0.25) is 19.2 Å². The number of esters is 5. The number of hydrogen-bond donors (Lipinski definition) is 0. The molecule has 0 aromatic heterocycles. The highest BCUT2D eigenvalue weighted by Gasteiger charge is 2.16. The molecule has 200 valence electrons. The van der Waals surface area contributed by atoms with Crippen molar-refractivity contribution in [2.45, 2.75) is 27.7 Å². The third kappa shape index (κ3) is 8.97. The number of carbonyl (C=O) groups is 5. The standard InChI is InChI=1S/C29H24O10/c1-17(30)35-25-13-22(14-26(16-25)36-18(2)31)6-5-21-7-10-24(11-8-21)39-29(34)23-9-12-27(37-19(3)32)28(15-23)38-20(4)33/h5-16H,1-4H3/b6-5+. The Labute approximate surface area is 223 Å². The molecule has 0 aliphatic carbocycles. The van der Waals surface area contributed by atoms with Crippen LogP contribution in [0.4, 0.5) is 0 Å². The molecule has 3 aromatic rings. The van der Waals surface area contributed by atoms with Crippen LogP contribution in [0.1, 0.15) is 49.2 Å². The van der Waals surface area contributed by atoms with Gasteiger partial charge in [0.2, 0.25) is 0 Å². The molecular formula is C29H24O10. The van der Waals surface area contributed by atoms with Crippen LogP contribution in [0.15, 0.2) is 60.7 Å². The summed E-state index contributed by atoms with van der Waals surface area (Å²) in [6.45, 7) is 4.89. The molecule has 0 aliphatic heterocycles. The molecule has 10 nitrogen and oxygen atoms in total. The topological polar surface area (TPSA) is 132 Å². The lowest BCUT2D eigenvalue weighted by molar-refractivity contribution is -0.134. The molecule has 0 amide bonds. The summed E-state index contributed by atoms with van der Waals surface area (Å²) in [5.41, 5.74) is 1.44. The van der Waals surface area contributed by atoms with E-state index >= 15 is 0 Å². The molecule has 10 heteroatoms. The van der Waals surface area contributed by atoms with E-state index in [1.165, 1.54) is 52.0 Å². The highest BCUT2D eigenvalue weighted by atomic mass is 16.6. The highest BCUT2D eigenvalue weighted by molar-refractivity contribution is 5.92. The maximum Gasteiger partial charge on any atom is 0.343 e. The fourth-order valence-corrected chi connectivity index (χ4v) is 3.25. The second-order valence-corrected chi connectivity index (χ2v) is 8.07. The molecule has 3 aromatic carbocycles. The third-order valence-electron chi connectivity index (χ3n) is 4.67. The molecule has 0 atom stereocenters. The average Bonchev–Trinajstić information content (AvgIpc) is 2.83. The third-order valence-corrected chi connectivity index (χ3v) is 4.67. The van der Waals surface area contributed by atoms with Crippen LogP contribution in [-0.2, 0) is 19.2 Å². The molecular weight excluding hydrogens is 508 g/mol. The zero-order chi connectivity index (χ0) is 28.5. The SMILES string of the molecule is CC(=O)Oc1cc(/C=C/c2ccc(OC(=O)c3ccc(OC(C)=O)c(OC(C)=O)c3)cc2)cc(OC(C)=O)c1. The summed E-state index contributed by atoms with van der Waals surface area (Å²) in [6, 6.07) is 15.2. The first-order valence-corrected chi connectivity index (χ1v) is 11.5. The van der Waals surface area contributed by atoms with Gasteiger partial charge in [-0.15, -0.1) is 0 Å². The van der Waals surface area contributed by atoms with Gasteiger partial charge in [-0.25, -0.2) is 4.79 Å². The van der Waals surface area contributed by atoms with Gasteiger partial charge in [0.25, 0.3) is 0 Å². The number of benzene rings is 3. The summed E-state index contributed by atoms with van der Waals surface area (Å²) >= 11 is 0. The molecule has 0 N–H and O–H groups in total. The van der Waals surface area contributed by atoms with E-state index in [0.29, 0.717) is 5.56 Å². The smallest absolute Gasteiger partial charge is 0.343 e. The maximum absolute atomic E-state index is 12.6. The van der Waals surface area contributed by atoms with Gasteiger partial charge < -0.3 is 23.7 Å². The predicted molar refractivity (Wildman–Crippen MR) is 138 cm³/mol. The Kier molecular flexibility index (Phi) is 9.31. The molecule has 0 bridgehead atoms. The van der Waals surface area contributed by atoms with Crippen LogP contribution >= 0.6 is 0 Å². The Bertz CT molecular complexity index is 1420. The Morgan fingerprint density at radius 1 is 0.487 bits per heavy atom. The minimum absolute atomic E-state index is 0.0104. The Morgan fingerprint density at radius 3 is 1.54 bits per heavy atom. The van der Waals surface area contributed by atoms with Crippen molar-refractivity contribution in [3.8, 4) is 28.7 Å². The van der Waals surface area contributed by atoms with E-state index in [4.69, 9.17) is 23.7 Å². The second-order valence-electron chi connectivity index (χ2n) is 8.07. The lowest BCUT2D eigenvalue weighted by Crippen LogP contribution is -2.11. The first-order chi connectivity index (χ1) is 18.5. The monoisotopic (exact) mass is 532 g/mol. The van der Waals surface area contributed by atoms with Crippen LogP contribution in [0, 0.1) is 0 Å². The van der Waals surface area contributed by atoms with E-state index in [0.717, 1.165) is 5.56 Å². The molecule has 3 rings (SSSR count). The quantitative estimate of drug-likeness (QED) is 0.227. The first kappa shape index (κ1) is 28.3. The van der Waals surface area contributed by atoms with Gasteiger partial charge in [-0.1, -0.05) is 24.3 Å². The zero-order valence-electron chi connectivity index (χ0n) is 21.5. The fourth-order valence-electron chi connectivity index (χ4n) is 3.25. The predicted octanol–water partition coefficient (Wildman–Crippen LogP) is 4.78. The Morgan fingerprint density at radius 2 is 1.00 bits per heavy atom. The van der Waals surface area contributed by atoms with E-state index in [1.54, 1.807) is 48.6 Å². The second kappa shape index (κ2) is 12.8. The number of hydrogen-bond acceptors (Lipinski definition) is 10. The van der Waals surface area contributed by atoms with E-state index in [2.05, 4.69) is 0 Å². The minimum atomic E-state index is -0.721. The van der Waals surface area contributed by atoms with Crippen molar-refractivity contribution in [3.05, 3.63) is 77.4 Å². The molecule has 39 heavy (non-hydrogen) atoms. The van der Waals surface area contributed by atoms with Crippen LogP contribution in [-0.4, -0.2) is 29.8 Å². The molecule has 0 spiro atoms. The summed E-state index contributed by atoms with van der Waals surface area (Å²) < 4.78 is 25.6. The van der Waals surface area contributed by atoms with Crippen molar-refractivity contribution in [2.24, 2.45) is 0 Å². The average molecular weight is 533 g/mol. The molecule has 0 fully saturated rings. The molecule has 0 aliphatic rings. The molecule has 0 unspecified atom stereocenters. The van der Waals surface area contributed by atoms with Crippen LogP contribution < -0.4 is 23.7 Å². The van der Waals surface area contributed by atoms with Crippen LogP contribution in [0.25, 0.3) is 12.2 Å². The highest BCUT2D eigenvalue weighted by Crippen LogP contribution is 2.30. The summed E-state index contributed by atoms with van der Waals surface area (Å²) in [4.78, 5) is 58.0. The molecule has 0 saturated carbocycles. The fraction of sp³-hybridized carbons (Fsp3) is 0.138. The zero-order valence-corrected chi connectivity index (χ0v) is 21.5. The van der Waals surface area contributed by atoms with Gasteiger partial charge in [0.15, 0.2) is 11.5 Å². The summed E-state index contributed by atoms with van der Waals surface area (Å²) in [5.74, 6) is -2.43. The molecule has 0 radical (unpaired) electrons. The minimum Gasteiger partial charge on any atom is -0.427 e. The van der Waals surface area contributed by atoms with Gasteiger partial charge in [0.1, 0.15) is 17.2 Å². The lowest BCUT2D eigenvalue weighted by atomic mass is 10.1. The Balaban J connectivity index is 1.74. The normalized spacial score (nSPS) is 10.5. The van der Waals surface area contributed by atoms with Crippen LogP contribution in [0.5, 0.6) is 28.7 Å². The van der Waals surface area contributed by atoms with Crippen molar-refractivity contribution in [1.82, 2.24) is 0 Å². The Hall–Kier alpha value is -5.25. The number of rotatable bonds is 8. The van der Waals surface area contributed by atoms with Crippen LogP contribution in [0.3, 0.4) is 0 Å². The van der Waals surface area contributed by atoms with Crippen molar-refractivity contribution >= 4 is 42.0 Å². The van der Waals surface area contributed by atoms with E-state index in [-0.39, 0.29) is 34.3 Å². The number of ether oxygens (including phenoxy) is 5. The summed E-state index contributed by atoms with van der Waals surface area (Å²) in [6.07, 6.45) is 3.48. The van der Waals surface area contributed by atoms with Gasteiger partial charge in [-0.05, 0) is 53.6 Å². The van der Waals surface area contributed by atoms with Crippen molar-refractivity contribution < 1.29 is 47.7 Å². The largest absolute Gasteiger partial charge is 0.427 e. The van der Waals surface area contributed by atoms with Crippen LogP contribution in [0.2, 0.25) is 0 Å². The molecule has 0 saturated heterocycles. The van der Waals surface area contributed by atoms with E-state index in [9.17, 15) is 24.0 Å². The lowest BCUT2D eigenvalue weighted by Gasteiger charge is -2.10. The van der Waals surface area contributed by atoms with E-state index in [1.807, 2.05) is 0 Å². The summed E-state index contributed by atoms with van der Waals surface area (Å²) in [7, 11) is 0. The van der Waals surface area contributed by atoms with Gasteiger partial charge >= 0.3 is 29.8 Å². The molecule has 0 heterocycles. The van der Waals surface area contributed by atoms with Gasteiger partial charge in [-0.2, -0.15) is 0 Å². The van der Waals surface area contributed by atoms with Crippen molar-refractivity contribution in [1.29, 1.82) is 0 Å².